The van der Waals surface area contributed by atoms with Gasteiger partial charge in [0.2, 0.25) is 0 Å². The van der Waals surface area contributed by atoms with Crippen molar-refractivity contribution < 1.29 is 18.0 Å². The number of ketones is 1. The number of nitrogens with zero attached hydrogens (tertiary/aromatic N) is 2. The number of carbonyl (C=O) groups excluding carboxylic acids is 1. The maximum atomic E-state index is 13.3. The third-order valence-corrected chi connectivity index (χ3v) is 6.10. The number of alkyl halides is 3. The second kappa shape index (κ2) is 6.54. The van der Waals surface area contributed by atoms with E-state index in [0.29, 0.717) is 29.7 Å². The first-order chi connectivity index (χ1) is 13.5. The molecule has 0 aromatic heterocycles. The first-order valence-corrected chi connectivity index (χ1v) is 9.81. The highest BCUT2D eigenvalue weighted by Gasteiger charge is 2.52. The molecule has 4 nitrogen and oxygen atoms in total. The number of hydrogen-bond acceptors (Lipinski definition) is 4. The molecule has 3 aliphatic rings. The Morgan fingerprint density at radius 1 is 1.14 bits per heavy atom. The molecule has 1 unspecified atom stereocenters. The Morgan fingerprint density at radius 2 is 1.83 bits per heavy atom. The lowest BCUT2D eigenvalue weighted by molar-refractivity contribution is -0.134. The molecule has 0 spiro atoms. The molecule has 0 saturated carbocycles. The van der Waals surface area contributed by atoms with E-state index in [0.717, 1.165) is 11.3 Å². The molecule has 2 atom stereocenters. The molecule has 2 heterocycles. The second-order valence-electron chi connectivity index (χ2n) is 9.02. The van der Waals surface area contributed by atoms with Gasteiger partial charge in [0.25, 0.3) is 0 Å². The fraction of sp³-hybridized carbons (Fsp3) is 0.500. The van der Waals surface area contributed by atoms with Gasteiger partial charge in [0.15, 0.2) is 11.9 Å². The smallest absolute Gasteiger partial charge is 0.362 e. The minimum atomic E-state index is -4.28. The normalized spacial score (nSPS) is 28.3. The van der Waals surface area contributed by atoms with Gasteiger partial charge in [-0.15, -0.1) is 0 Å². The van der Waals surface area contributed by atoms with Crippen LogP contribution in [0.5, 0.6) is 0 Å². The number of benzene rings is 1. The summed E-state index contributed by atoms with van der Waals surface area (Å²) in [5.41, 5.74) is 2.31. The Labute approximate surface area is 168 Å². The molecule has 1 aliphatic carbocycles. The standard InChI is InChI=1S/C22H24F3N3O/c1-20(2)11-15-17(16(29)12-20)21(3,13-7-5-4-6-8-13)18-14(9-10-22(23,24)25)27-28-19(18)26-15/h4-8,19,26H,9-12H2,1-3H3/t19?,21-/m0/s1. The van der Waals surface area contributed by atoms with Crippen molar-refractivity contribution in [1.82, 2.24) is 5.32 Å². The third-order valence-electron chi connectivity index (χ3n) is 6.10. The van der Waals surface area contributed by atoms with E-state index < -0.39 is 24.2 Å². The van der Waals surface area contributed by atoms with Crippen LogP contribution in [0.25, 0.3) is 0 Å². The topological polar surface area (TPSA) is 53.8 Å². The van der Waals surface area contributed by atoms with Gasteiger partial charge < -0.3 is 5.32 Å². The van der Waals surface area contributed by atoms with E-state index in [2.05, 4.69) is 15.5 Å². The zero-order valence-corrected chi connectivity index (χ0v) is 16.7. The number of halogens is 3. The van der Waals surface area contributed by atoms with Crippen LogP contribution in [0.3, 0.4) is 0 Å². The number of rotatable bonds is 3. The SMILES string of the molecule is CC1(C)CC(=O)C2=C(C1)NC1N=NC(CCC(F)(F)F)=C1[C@@]2(C)c1ccccc1. The van der Waals surface area contributed by atoms with E-state index in [-0.39, 0.29) is 17.6 Å². The number of nitrogens with one attached hydrogen (secondary N) is 1. The summed E-state index contributed by atoms with van der Waals surface area (Å²) < 4.78 is 38.7. The van der Waals surface area contributed by atoms with Crippen LogP contribution in [0.1, 0.15) is 52.0 Å². The Morgan fingerprint density at radius 3 is 2.48 bits per heavy atom. The number of fused-ring (bicyclic) bond motifs is 1. The third kappa shape index (κ3) is 3.40. The minimum Gasteiger partial charge on any atom is -0.362 e. The molecule has 2 aliphatic heterocycles. The number of Topliss-reactive ketones (excluding diaryl/α,β-unsaturated/α-hetero) is 1. The summed E-state index contributed by atoms with van der Waals surface area (Å²) >= 11 is 0. The summed E-state index contributed by atoms with van der Waals surface area (Å²) in [6.07, 6.45) is -4.93. The summed E-state index contributed by atoms with van der Waals surface area (Å²) in [5.74, 6) is 0.0307. The summed E-state index contributed by atoms with van der Waals surface area (Å²) in [6, 6.07) is 9.50. The van der Waals surface area contributed by atoms with Crippen LogP contribution in [0, 0.1) is 5.41 Å². The molecule has 0 radical (unpaired) electrons. The number of hydrogen-bond donors (Lipinski definition) is 1. The molecule has 0 bridgehead atoms. The van der Waals surface area contributed by atoms with Crippen LogP contribution in [0.4, 0.5) is 13.2 Å². The van der Waals surface area contributed by atoms with Gasteiger partial charge in [0.05, 0.1) is 5.70 Å². The van der Waals surface area contributed by atoms with E-state index in [1.54, 1.807) is 0 Å². The van der Waals surface area contributed by atoms with Gasteiger partial charge in [-0.2, -0.15) is 23.4 Å². The Balaban J connectivity index is 1.90. The predicted molar refractivity (Wildman–Crippen MR) is 103 cm³/mol. The average Bonchev–Trinajstić information content (AvgIpc) is 3.02. The Kier molecular flexibility index (Phi) is 4.48. The van der Waals surface area contributed by atoms with Crippen molar-refractivity contribution in [3.8, 4) is 0 Å². The molecule has 29 heavy (non-hydrogen) atoms. The molecule has 0 saturated heterocycles. The van der Waals surface area contributed by atoms with Crippen LogP contribution >= 0.6 is 0 Å². The molecule has 7 heteroatoms. The van der Waals surface area contributed by atoms with Crippen LogP contribution in [-0.4, -0.2) is 18.1 Å². The van der Waals surface area contributed by atoms with Gasteiger partial charge in [-0.1, -0.05) is 44.2 Å². The van der Waals surface area contributed by atoms with Gasteiger partial charge in [-0.3, -0.25) is 4.79 Å². The second-order valence-corrected chi connectivity index (χ2v) is 9.02. The summed E-state index contributed by atoms with van der Waals surface area (Å²) in [4.78, 5) is 13.3. The molecule has 1 aromatic rings. The molecular weight excluding hydrogens is 379 g/mol. The van der Waals surface area contributed by atoms with Gasteiger partial charge >= 0.3 is 6.18 Å². The number of allylic oxidation sites excluding steroid dienone is 3. The van der Waals surface area contributed by atoms with Crippen LogP contribution in [0.2, 0.25) is 0 Å². The Hall–Kier alpha value is -2.44. The lowest BCUT2D eigenvalue weighted by Gasteiger charge is -2.46. The fourth-order valence-corrected chi connectivity index (χ4v) is 4.90. The number of carbonyl (C=O) groups is 1. The molecule has 0 amide bonds. The fourth-order valence-electron chi connectivity index (χ4n) is 4.90. The van der Waals surface area contributed by atoms with Gasteiger partial charge in [-0.05, 0) is 24.3 Å². The van der Waals surface area contributed by atoms with E-state index in [4.69, 9.17) is 0 Å². The molecule has 1 N–H and O–H groups in total. The van der Waals surface area contributed by atoms with Gasteiger partial charge in [0, 0.05) is 41.5 Å². The van der Waals surface area contributed by atoms with Crippen molar-refractivity contribution in [3.05, 3.63) is 58.4 Å². The van der Waals surface area contributed by atoms with Gasteiger partial charge in [-0.25, -0.2) is 0 Å². The van der Waals surface area contributed by atoms with E-state index in [1.165, 1.54) is 0 Å². The van der Waals surface area contributed by atoms with Crippen molar-refractivity contribution in [3.63, 3.8) is 0 Å². The molecule has 154 valence electrons. The van der Waals surface area contributed by atoms with E-state index in [9.17, 15) is 18.0 Å². The zero-order chi connectivity index (χ0) is 21.0. The van der Waals surface area contributed by atoms with E-state index in [1.807, 2.05) is 51.1 Å². The maximum absolute atomic E-state index is 13.3. The highest BCUT2D eigenvalue weighted by atomic mass is 19.4. The molecule has 0 fully saturated rings. The highest BCUT2D eigenvalue weighted by molar-refractivity contribution is 6.01. The van der Waals surface area contributed by atoms with Crippen molar-refractivity contribution in [1.29, 1.82) is 0 Å². The van der Waals surface area contributed by atoms with Crippen molar-refractivity contribution in [2.75, 3.05) is 0 Å². The van der Waals surface area contributed by atoms with Crippen molar-refractivity contribution in [2.45, 2.75) is 64.2 Å². The largest absolute Gasteiger partial charge is 0.389 e. The van der Waals surface area contributed by atoms with E-state index >= 15 is 0 Å². The zero-order valence-electron chi connectivity index (χ0n) is 16.7. The Bertz CT molecular complexity index is 944. The molecule has 1 aromatic carbocycles. The predicted octanol–water partition coefficient (Wildman–Crippen LogP) is 5.58. The quantitative estimate of drug-likeness (QED) is 0.716. The summed E-state index contributed by atoms with van der Waals surface area (Å²) in [5, 5.41) is 11.7. The molecular formula is C22H24F3N3O. The van der Waals surface area contributed by atoms with Crippen LogP contribution in [-0.2, 0) is 10.2 Å². The lowest BCUT2D eigenvalue weighted by atomic mass is 9.60. The number of azo groups is 1. The monoisotopic (exact) mass is 403 g/mol. The maximum Gasteiger partial charge on any atom is 0.389 e. The highest BCUT2D eigenvalue weighted by Crippen LogP contribution is 2.53. The van der Waals surface area contributed by atoms with Gasteiger partial charge in [0.1, 0.15) is 0 Å². The molecule has 4 rings (SSSR count). The van der Waals surface area contributed by atoms with Crippen LogP contribution in [0.15, 0.2) is 63.1 Å². The first-order valence-electron chi connectivity index (χ1n) is 9.81. The van der Waals surface area contributed by atoms with Crippen molar-refractivity contribution in [2.24, 2.45) is 15.6 Å². The van der Waals surface area contributed by atoms with Crippen molar-refractivity contribution >= 4 is 5.78 Å². The summed E-state index contributed by atoms with van der Waals surface area (Å²) in [7, 11) is 0. The first kappa shape index (κ1) is 19.9. The lowest BCUT2D eigenvalue weighted by Crippen LogP contribution is -2.50. The average molecular weight is 403 g/mol. The minimum absolute atomic E-state index is 0.0307. The van der Waals surface area contributed by atoms with Crippen LogP contribution < -0.4 is 5.32 Å². The summed E-state index contributed by atoms with van der Waals surface area (Å²) in [6.45, 7) is 6.03.